The minimum Gasteiger partial charge on any atom is -0.370 e. The van der Waals surface area contributed by atoms with Crippen LogP contribution in [0.1, 0.15) is 12.2 Å². The van der Waals surface area contributed by atoms with E-state index in [1.807, 2.05) is 12.1 Å². The van der Waals surface area contributed by atoms with Gasteiger partial charge in [0.1, 0.15) is 11.5 Å². The van der Waals surface area contributed by atoms with Crippen LogP contribution in [0, 0.1) is 5.82 Å². The number of nitrogens with zero attached hydrogens (tertiary/aromatic N) is 2. The predicted molar refractivity (Wildman–Crippen MR) is 95.8 cm³/mol. The number of benzene rings is 2. The van der Waals surface area contributed by atoms with Gasteiger partial charge in [-0.25, -0.2) is 4.39 Å². The van der Waals surface area contributed by atoms with Gasteiger partial charge in [-0.1, -0.05) is 23.4 Å². The SMILES string of the molecule is Fc1ccc(-c2cc(CNC3CCN(c4ccccc4)C3)on2)cc1. The van der Waals surface area contributed by atoms with Crippen molar-refractivity contribution in [2.24, 2.45) is 0 Å². The molecule has 3 aromatic rings. The van der Waals surface area contributed by atoms with Crippen molar-refractivity contribution in [2.75, 3.05) is 18.0 Å². The molecule has 1 N–H and O–H groups in total. The zero-order valence-electron chi connectivity index (χ0n) is 13.9. The lowest BCUT2D eigenvalue weighted by Gasteiger charge is -2.18. The standard InChI is InChI=1S/C20H20FN3O/c21-16-8-6-15(7-9-16)20-12-19(25-23-20)13-22-17-10-11-24(14-17)18-4-2-1-3-5-18/h1-9,12,17,22H,10-11,13-14H2. The summed E-state index contributed by atoms with van der Waals surface area (Å²) in [5, 5.41) is 7.61. The van der Waals surface area contributed by atoms with E-state index in [0.29, 0.717) is 12.6 Å². The van der Waals surface area contributed by atoms with Gasteiger partial charge in [0.25, 0.3) is 0 Å². The van der Waals surface area contributed by atoms with Gasteiger partial charge in [0.05, 0.1) is 6.54 Å². The van der Waals surface area contributed by atoms with Gasteiger partial charge in [-0.05, 0) is 42.8 Å². The molecule has 25 heavy (non-hydrogen) atoms. The quantitative estimate of drug-likeness (QED) is 0.768. The molecule has 0 radical (unpaired) electrons. The largest absolute Gasteiger partial charge is 0.370 e. The maximum Gasteiger partial charge on any atom is 0.151 e. The second kappa shape index (κ2) is 7.07. The maximum atomic E-state index is 13.0. The molecule has 0 bridgehead atoms. The van der Waals surface area contributed by atoms with Gasteiger partial charge in [0, 0.05) is 36.4 Å². The van der Waals surface area contributed by atoms with Gasteiger partial charge >= 0.3 is 0 Å². The van der Waals surface area contributed by atoms with Crippen LogP contribution < -0.4 is 10.2 Å². The third-order valence-corrected chi connectivity index (χ3v) is 4.57. The van der Waals surface area contributed by atoms with Crippen LogP contribution in [0.3, 0.4) is 0 Å². The van der Waals surface area contributed by atoms with Crippen molar-refractivity contribution in [1.82, 2.24) is 10.5 Å². The van der Waals surface area contributed by atoms with E-state index in [0.717, 1.165) is 36.5 Å². The van der Waals surface area contributed by atoms with Crippen LogP contribution in [-0.4, -0.2) is 24.3 Å². The number of nitrogens with one attached hydrogen (secondary N) is 1. The van der Waals surface area contributed by atoms with E-state index in [1.165, 1.54) is 17.8 Å². The molecule has 128 valence electrons. The third-order valence-electron chi connectivity index (χ3n) is 4.57. The zero-order chi connectivity index (χ0) is 17.1. The summed E-state index contributed by atoms with van der Waals surface area (Å²) in [6.45, 7) is 2.68. The first-order valence-corrected chi connectivity index (χ1v) is 8.53. The molecule has 0 spiro atoms. The number of rotatable bonds is 5. The number of para-hydroxylation sites is 1. The van der Waals surface area contributed by atoms with E-state index in [9.17, 15) is 4.39 Å². The molecular weight excluding hydrogens is 317 g/mol. The zero-order valence-corrected chi connectivity index (χ0v) is 13.9. The Kier molecular flexibility index (Phi) is 4.48. The van der Waals surface area contributed by atoms with Gasteiger partial charge in [-0.15, -0.1) is 0 Å². The molecule has 4 rings (SSSR count). The van der Waals surface area contributed by atoms with E-state index in [1.54, 1.807) is 12.1 Å². The molecule has 1 unspecified atom stereocenters. The monoisotopic (exact) mass is 337 g/mol. The number of hydrogen-bond acceptors (Lipinski definition) is 4. The molecule has 1 atom stereocenters. The molecule has 5 heteroatoms. The Labute approximate surface area is 146 Å². The van der Waals surface area contributed by atoms with Crippen LogP contribution in [0.25, 0.3) is 11.3 Å². The summed E-state index contributed by atoms with van der Waals surface area (Å²) in [6.07, 6.45) is 1.11. The summed E-state index contributed by atoms with van der Waals surface area (Å²) in [5.74, 6) is 0.538. The Morgan fingerprint density at radius 2 is 1.92 bits per heavy atom. The van der Waals surface area contributed by atoms with Crippen LogP contribution in [0.15, 0.2) is 65.2 Å². The first kappa shape index (κ1) is 15.8. The second-order valence-electron chi connectivity index (χ2n) is 6.33. The van der Waals surface area contributed by atoms with Crippen molar-refractivity contribution >= 4 is 5.69 Å². The maximum absolute atomic E-state index is 13.0. The average Bonchev–Trinajstić information content (AvgIpc) is 3.31. The number of anilines is 1. The van der Waals surface area contributed by atoms with Crippen molar-refractivity contribution in [2.45, 2.75) is 19.0 Å². The van der Waals surface area contributed by atoms with E-state index >= 15 is 0 Å². The van der Waals surface area contributed by atoms with Crippen LogP contribution >= 0.6 is 0 Å². The van der Waals surface area contributed by atoms with E-state index < -0.39 is 0 Å². The van der Waals surface area contributed by atoms with E-state index in [-0.39, 0.29) is 5.82 Å². The van der Waals surface area contributed by atoms with Crippen LogP contribution in [0.4, 0.5) is 10.1 Å². The predicted octanol–water partition coefficient (Wildman–Crippen LogP) is 3.85. The Hall–Kier alpha value is -2.66. The third kappa shape index (κ3) is 3.72. The lowest BCUT2D eigenvalue weighted by molar-refractivity contribution is 0.367. The smallest absolute Gasteiger partial charge is 0.151 e. The molecule has 0 aliphatic carbocycles. The molecule has 4 nitrogen and oxygen atoms in total. The fourth-order valence-corrected chi connectivity index (χ4v) is 3.20. The van der Waals surface area contributed by atoms with Crippen molar-refractivity contribution < 1.29 is 8.91 Å². The molecule has 1 fully saturated rings. The number of halogens is 1. The minimum atomic E-state index is -0.252. The Bertz CT molecular complexity index is 816. The fraction of sp³-hybridized carbons (Fsp3) is 0.250. The van der Waals surface area contributed by atoms with Crippen molar-refractivity contribution in [3.63, 3.8) is 0 Å². The molecule has 1 aliphatic rings. The summed E-state index contributed by atoms with van der Waals surface area (Å²) < 4.78 is 18.4. The molecule has 2 aromatic carbocycles. The van der Waals surface area contributed by atoms with Crippen LogP contribution in [0.5, 0.6) is 0 Å². The highest BCUT2D eigenvalue weighted by molar-refractivity contribution is 5.58. The Morgan fingerprint density at radius 3 is 2.72 bits per heavy atom. The highest BCUT2D eigenvalue weighted by atomic mass is 19.1. The van der Waals surface area contributed by atoms with E-state index in [4.69, 9.17) is 4.52 Å². The van der Waals surface area contributed by atoms with Gasteiger partial charge in [-0.2, -0.15) is 0 Å². The Balaban J connectivity index is 1.33. The van der Waals surface area contributed by atoms with E-state index in [2.05, 4.69) is 39.6 Å². The molecule has 1 aromatic heterocycles. The summed E-state index contributed by atoms with van der Waals surface area (Å²) in [5.41, 5.74) is 2.85. The summed E-state index contributed by atoms with van der Waals surface area (Å²) in [6, 6.07) is 19.1. The molecule has 0 amide bonds. The lowest BCUT2D eigenvalue weighted by Crippen LogP contribution is -2.31. The second-order valence-corrected chi connectivity index (χ2v) is 6.33. The number of aromatic nitrogens is 1. The molecule has 1 saturated heterocycles. The molecule has 2 heterocycles. The lowest BCUT2D eigenvalue weighted by atomic mass is 10.1. The summed E-state index contributed by atoms with van der Waals surface area (Å²) in [4.78, 5) is 2.39. The Morgan fingerprint density at radius 1 is 1.12 bits per heavy atom. The first-order chi connectivity index (χ1) is 12.3. The van der Waals surface area contributed by atoms with Gasteiger partial charge in [-0.3, -0.25) is 0 Å². The van der Waals surface area contributed by atoms with Gasteiger partial charge in [0.15, 0.2) is 5.76 Å². The van der Waals surface area contributed by atoms with Crippen molar-refractivity contribution in [3.05, 3.63) is 72.2 Å². The molecule has 1 aliphatic heterocycles. The highest BCUT2D eigenvalue weighted by Gasteiger charge is 2.22. The normalized spacial score (nSPS) is 17.2. The molecule has 0 saturated carbocycles. The molecular formula is C20H20FN3O. The first-order valence-electron chi connectivity index (χ1n) is 8.53. The van der Waals surface area contributed by atoms with Gasteiger partial charge < -0.3 is 14.7 Å². The minimum absolute atomic E-state index is 0.252. The van der Waals surface area contributed by atoms with Crippen LogP contribution in [-0.2, 0) is 6.54 Å². The van der Waals surface area contributed by atoms with Crippen molar-refractivity contribution in [3.8, 4) is 11.3 Å². The van der Waals surface area contributed by atoms with Gasteiger partial charge in [0.2, 0.25) is 0 Å². The highest BCUT2D eigenvalue weighted by Crippen LogP contribution is 2.21. The van der Waals surface area contributed by atoms with Crippen molar-refractivity contribution in [1.29, 1.82) is 0 Å². The topological polar surface area (TPSA) is 41.3 Å². The number of hydrogen-bond donors (Lipinski definition) is 1. The van der Waals surface area contributed by atoms with Crippen LogP contribution in [0.2, 0.25) is 0 Å². The summed E-state index contributed by atoms with van der Waals surface area (Å²) in [7, 11) is 0. The summed E-state index contributed by atoms with van der Waals surface area (Å²) >= 11 is 0. The average molecular weight is 337 g/mol. The fourth-order valence-electron chi connectivity index (χ4n) is 3.20.